The summed E-state index contributed by atoms with van der Waals surface area (Å²) in [5, 5.41) is 9.44. The molecule has 1 amide bonds. The second-order valence-corrected chi connectivity index (χ2v) is 4.91. The number of hydrogen-bond donors (Lipinski definition) is 1. The minimum absolute atomic E-state index is 0.0317. The van der Waals surface area contributed by atoms with E-state index in [4.69, 9.17) is 16.7 Å². The number of carbonyl (C=O) groups is 1. The van der Waals surface area contributed by atoms with Crippen molar-refractivity contribution in [1.82, 2.24) is 4.90 Å². The Morgan fingerprint density at radius 2 is 2.18 bits per heavy atom. The van der Waals surface area contributed by atoms with E-state index in [0.29, 0.717) is 23.7 Å². The predicted molar refractivity (Wildman–Crippen MR) is 72.4 cm³/mol. The molecule has 0 fully saturated rings. The van der Waals surface area contributed by atoms with Crippen molar-refractivity contribution in [2.24, 2.45) is 0 Å². The van der Waals surface area contributed by atoms with Crippen LogP contribution in [-0.4, -0.2) is 35.6 Å². The van der Waals surface area contributed by atoms with E-state index in [1.54, 1.807) is 23.1 Å². The Labute approximate surface area is 115 Å². The number of benzene rings is 1. The molecule has 94 valence electrons. The molecule has 0 aliphatic heterocycles. The number of aliphatic hydroxyl groups is 1. The molecule has 0 spiro atoms. The average Bonchev–Trinajstić information content (AvgIpc) is 2.31. The zero-order chi connectivity index (χ0) is 12.8. The first-order chi connectivity index (χ1) is 8.10. The molecular weight excluding hydrogens is 305 g/mol. The molecule has 17 heavy (non-hydrogen) atoms. The summed E-state index contributed by atoms with van der Waals surface area (Å²) in [6.07, 6.45) is 0.857. The van der Waals surface area contributed by atoms with Gasteiger partial charge in [-0.1, -0.05) is 18.5 Å². The topological polar surface area (TPSA) is 40.5 Å². The summed E-state index contributed by atoms with van der Waals surface area (Å²) in [6.45, 7) is 2.94. The Bertz CT molecular complexity index is 392. The third-order valence-electron chi connectivity index (χ3n) is 2.32. The van der Waals surface area contributed by atoms with Gasteiger partial charge >= 0.3 is 0 Å². The van der Waals surface area contributed by atoms with Crippen LogP contribution < -0.4 is 0 Å². The Hall–Kier alpha value is -0.580. The van der Waals surface area contributed by atoms with Gasteiger partial charge in [0, 0.05) is 23.1 Å². The summed E-state index contributed by atoms with van der Waals surface area (Å²) in [7, 11) is 0. The third-order valence-corrected chi connectivity index (χ3v) is 3.55. The van der Waals surface area contributed by atoms with Crippen LogP contribution in [0.5, 0.6) is 0 Å². The first-order valence-electron chi connectivity index (χ1n) is 5.45. The normalized spacial score (nSPS) is 10.4. The fraction of sp³-hybridized carbons (Fsp3) is 0.417. The summed E-state index contributed by atoms with van der Waals surface area (Å²) < 4.78 is 0.764. The van der Waals surface area contributed by atoms with Crippen LogP contribution in [0, 0.1) is 0 Å². The quantitative estimate of drug-likeness (QED) is 0.906. The molecule has 0 heterocycles. The van der Waals surface area contributed by atoms with E-state index >= 15 is 0 Å². The lowest BCUT2D eigenvalue weighted by molar-refractivity contribution is 0.0722. The van der Waals surface area contributed by atoms with E-state index < -0.39 is 0 Å². The number of halogens is 2. The van der Waals surface area contributed by atoms with Crippen molar-refractivity contribution in [3.05, 3.63) is 33.3 Å². The fourth-order valence-corrected chi connectivity index (χ4v) is 1.94. The molecule has 1 aromatic rings. The summed E-state index contributed by atoms with van der Waals surface area (Å²) in [6, 6.07) is 5.10. The summed E-state index contributed by atoms with van der Waals surface area (Å²) in [4.78, 5) is 13.8. The van der Waals surface area contributed by atoms with Gasteiger partial charge in [-0.25, -0.2) is 0 Å². The highest BCUT2D eigenvalue weighted by Gasteiger charge is 2.15. The van der Waals surface area contributed by atoms with Crippen LogP contribution >= 0.6 is 27.5 Å². The first kappa shape index (κ1) is 14.5. The van der Waals surface area contributed by atoms with Gasteiger partial charge in [0.1, 0.15) is 0 Å². The number of amides is 1. The maximum atomic E-state index is 12.1. The van der Waals surface area contributed by atoms with Gasteiger partial charge in [0.2, 0.25) is 0 Å². The number of aliphatic hydroxyl groups excluding tert-OH is 1. The van der Waals surface area contributed by atoms with Crippen LogP contribution in [0.25, 0.3) is 0 Å². The Morgan fingerprint density at radius 1 is 1.47 bits per heavy atom. The van der Waals surface area contributed by atoms with Gasteiger partial charge in [-0.3, -0.25) is 4.79 Å². The van der Waals surface area contributed by atoms with Gasteiger partial charge in [0.15, 0.2) is 0 Å². The summed E-state index contributed by atoms with van der Waals surface area (Å²) >= 11 is 9.23. The highest BCUT2D eigenvalue weighted by molar-refractivity contribution is 9.10. The number of rotatable bonds is 5. The van der Waals surface area contributed by atoms with Crippen LogP contribution in [0.1, 0.15) is 23.7 Å². The standard InChI is InChI=1S/C12H15BrClNO2/c1-2-5-15(6-7-16)12(17)9-3-4-10(13)11(14)8-9/h3-4,8,16H,2,5-7H2,1H3. The summed E-state index contributed by atoms with van der Waals surface area (Å²) in [5.41, 5.74) is 0.542. The minimum atomic E-state index is -0.102. The molecule has 0 unspecified atom stereocenters. The number of carbonyl (C=O) groups excluding carboxylic acids is 1. The summed E-state index contributed by atoms with van der Waals surface area (Å²) in [5.74, 6) is -0.102. The molecule has 1 aromatic carbocycles. The van der Waals surface area contributed by atoms with E-state index in [9.17, 15) is 4.79 Å². The van der Waals surface area contributed by atoms with Crippen molar-refractivity contribution in [3.63, 3.8) is 0 Å². The van der Waals surface area contributed by atoms with Crippen molar-refractivity contribution in [3.8, 4) is 0 Å². The molecule has 0 atom stereocenters. The fourth-order valence-electron chi connectivity index (χ4n) is 1.52. The average molecular weight is 321 g/mol. The monoisotopic (exact) mass is 319 g/mol. The molecule has 0 bridgehead atoms. The van der Waals surface area contributed by atoms with Gasteiger partial charge in [-0.15, -0.1) is 0 Å². The van der Waals surface area contributed by atoms with Crippen LogP contribution in [0.3, 0.4) is 0 Å². The van der Waals surface area contributed by atoms with Gasteiger partial charge in [0.05, 0.1) is 11.6 Å². The van der Waals surface area contributed by atoms with E-state index in [-0.39, 0.29) is 12.5 Å². The van der Waals surface area contributed by atoms with Crippen LogP contribution in [0.2, 0.25) is 5.02 Å². The number of nitrogens with zero attached hydrogens (tertiary/aromatic N) is 1. The number of hydrogen-bond acceptors (Lipinski definition) is 2. The third kappa shape index (κ3) is 3.98. The molecule has 5 heteroatoms. The van der Waals surface area contributed by atoms with Crippen molar-refractivity contribution >= 4 is 33.4 Å². The van der Waals surface area contributed by atoms with Gasteiger partial charge in [-0.05, 0) is 40.5 Å². The second kappa shape index (κ2) is 6.99. The van der Waals surface area contributed by atoms with Crippen LogP contribution in [0.15, 0.2) is 22.7 Å². The molecule has 1 N–H and O–H groups in total. The van der Waals surface area contributed by atoms with E-state index in [0.717, 1.165) is 10.9 Å². The van der Waals surface area contributed by atoms with Gasteiger partial charge < -0.3 is 10.0 Å². The molecule has 1 rings (SSSR count). The van der Waals surface area contributed by atoms with E-state index in [1.807, 2.05) is 6.92 Å². The maximum Gasteiger partial charge on any atom is 0.253 e. The largest absolute Gasteiger partial charge is 0.395 e. The zero-order valence-corrected chi connectivity index (χ0v) is 12.0. The van der Waals surface area contributed by atoms with Crippen molar-refractivity contribution in [1.29, 1.82) is 0 Å². The first-order valence-corrected chi connectivity index (χ1v) is 6.62. The van der Waals surface area contributed by atoms with Crippen molar-refractivity contribution in [2.75, 3.05) is 19.7 Å². The van der Waals surface area contributed by atoms with Crippen LogP contribution in [0.4, 0.5) is 0 Å². The van der Waals surface area contributed by atoms with E-state index in [2.05, 4.69) is 15.9 Å². The van der Waals surface area contributed by atoms with Gasteiger partial charge in [0.25, 0.3) is 5.91 Å². The van der Waals surface area contributed by atoms with Gasteiger partial charge in [-0.2, -0.15) is 0 Å². The minimum Gasteiger partial charge on any atom is -0.395 e. The lowest BCUT2D eigenvalue weighted by Gasteiger charge is -2.21. The molecule has 0 radical (unpaired) electrons. The molecular formula is C12H15BrClNO2. The SMILES string of the molecule is CCCN(CCO)C(=O)c1ccc(Br)c(Cl)c1. The lowest BCUT2D eigenvalue weighted by atomic mass is 10.2. The maximum absolute atomic E-state index is 12.1. The Balaban J connectivity index is 2.88. The zero-order valence-electron chi connectivity index (χ0n) is 9.62. The van der Waals surface area contributed by atoms with E-state index in [1.165, 1.54) is 0 Å². The molecule has 0 saturated heterocycles. The van der Waals surface area contributed by atoms with Crippen molar-refractivity contribution in [2.45, 2.75) is 13.3 Å². The highest BCUT2D eigenvalue weighted by Crippen LogP contribution is 2.23. The molecule has 0 aromatic heterocycles. The molecule has 0 saturated carbocycles. The predicted octanol–water partition coefficient (Wildman–Crippen LogP) is 2.95. The molecule has 0 aliphatic carbocycles. The lowest BCUT2D eigenvalue weighted by Crippen LogP contribution is -2.34. The molecule has 0 aliphatic rings. The Kier molecular flexibility index (Phi) is 5.95. The molecule has 3 nitrogen and oxygen atoms in total. The second-order valence-electron chi connectivity index (χ2n) is 3.64. The Morgan fingerprint density at radius 3 is 2.71 bits per heavy atom. The van der Waals surface area contributed by atoms with Crippen molar-refractivity contribution < 1.29 is 9.90 Å². The highest BCUT2D eigenvalue weighted by atomic mass is 79.9. The smallest absolute Gasteiger partial charge is 0.253 e. The van der Waals surface area contributed by atoms with Crippen LogP contribution in [-0.2, 0) is 0 Å².